The first-order chi connectivity index (χ1) is 41.6. The number of fused-ring (bicyclic) bond motifs is 2. The molecule has 0 unspecified atom stereocenters. The lowest BCUT2D eigenvalue weighted by molar-refractivity contribution is -0.135. The summed E-state index contributed by atoms with van der Waals surface area (Å²) in [6, 6.07) is 66.5. The van der Waals surface area contributed by atoms with E-state index in [9.17, 15) is 19.2 Å². The molecular weight excluding hydrogens is 1070 g/mol. The van der Waals surface area contributed by atoms with Gasteiger partial charge in [-0.05, 0) is 100 Å². The second-order valence-electron chi connectivity index (χ2n) is 21.1. The van der Waals surface area contributed by atoms with Crippen LogP contribution >= 0.6 is 0 Å². The van der Waals surface area contributed by atoms with Crippen molar-refractivity contribution < 1.29 is 24.3 Å². The lowest BCUT2D eigenvalue weighted by atomic mass is 9.96. The summed E-state index contributed by atoms with van der Waals surface area (Å²) in [5, 5.41) is 13.5. The van der Waals surface area contributed by atoms with Crippen LogP contribution in [0.2, 0.25) is 0 Å². The Hall–Kier alpha value is -9.80. The van der Waals surface area contributed by atoms with Gasteiger partial charge in [0.2, 0.25) is 11.8 Å². The Balaban J connectivity index is 0.000000174. The predicted octanol–water partition coefficient (Wildman–Crippen LogP) is 10.4. The van der Waals surface area contributed by atoms with Crippen LogP contribution in [0, 0.1) is 0 Å². The molecule has 0 aliphatic carbocycles. The van der Waals surface area contributed by atoms with Gasteiger partial charge in [-0.2, -0.15) is 0 Å². The fourth-order valence-electron chi connectivity index (χ4n) is 11.1. The molecule has 2 atom stereocenters. The number of pyridine rings is 4. The van der Waals surface area contributed by atoms with E-state index in [1.807, 2.05) is 88.7 Å². The highest BCUT2D eigenvalue weighted by Crippen LogP contribution is 2.31. The van der Waals surface area contributed by atoms with Crippen LogP contribution in [-0.4, -0.2) is 133 Å². The molecule has 0 radical (unpaired) electrons. The van der Waals surface area contributed by atoms with Crippen LogP contribution in [0.25, 0.3) is 21.8 Å². The maximum Gasteiger partial charge on any atom is 0.335 e. The van der Waals surface area contributed by atoms with Crippen molar-refractivity contribution in [1.82, 2.24) is 44.9 Å². The minimum Gasteiger partial charge on any atom is -0.478 e. The van der Waals surface area contributed by atoms with Crippen molar-refractivity contribution in [2.24, 2.45) is 5.73 Å². The second-order valence-corrected chi connectivity index (χ2v) is 21.1. The standard InChI is InChI=1S/C35H33N5O2.C25H28N4O.C10H7NO2.CH4/c41-34(30-15-16-31-29(24-30)14-8-18-37-31)38-32(23-26-9-7-17-36-25-26)35(42)40-21-19-39(20-22-40)33(27-10-3-1-4-11-27)28-12-5-2-6-13-28;26-23(18-20-8-7-13-27-19-20)25(30)29-16-14-28(15-17-29)24(21-9-3-1-4-10-21)22-11-5-2-6-12-22;12-10(13)8-3-4-9-7(6-8)2-1-5-11-9;/h1-18,24-25,32-33H,19-23H2,(H,38,41);1-13,19,23-24H,14-18,26H2;1-6H,(H,12,13);1H4/t32-;23-;;/m00../s1. The smallest absolute Gasteiger partial charge is 0.335 e. The summed E-state index contributed by atoms with van der Waals surface area (Å²) in [7, 11) is 0. The van der Waals surface area contributed by atoms with Gasteiger partial charge in [0.15, 0.2) is 0 Å². The third kappa shape index (κ3) is 15.9. The molecule has 12 rings (SSSR count). The van der Waals surface area contributed by atoms with Crippen LogP contribution in [0.4, 0.5) is 0 Å². The lowest BCUT2D eigenvalue weighted by Crippen LogP contribution is -2.56. The van der Waals surface area contributed by atoms with Crippen LogP contribution in [0.1, 0.15) is 73.6 Å². The summed E-state index contributed by atoms with van der Waals surface area (Å²) in [5.41, 5.74) is 15.5. The van der Waals surface area contributed by atoms with E-state index in [0.717, 1.165) is 59.1 Å². The van der Waals surface area contributed by atoms with Crippen molar-refractivity contribution in [1.29, 1.82) is 0 Å². The molecule has 6 heterocycles. The van der Waals surface area contributed by atoms with Crippen LogP contribution in [0.15, 0.2) is 243 Å². The quantitative estimate of drug-likeness (QED) is 0.0882. The Kier molecular flexibility index (Phi) is 21.3. The Bertz CT molecular complexity index is 3680. The van der Waals surface area contributed by atoms with Gasteiger partial charge in [0.05, 0.1) is 34.7 Å². The monoisotopic (exact) mass is 1140 g/mol. The molecule has 0 saturated carbocycles. The molecule has 6 aromatic carbocycles. The Morgan fingerprint density at radius 2 is 0.849 bits per heavy atom. The maximum atomic E-state index is 14.0. The van der Waals surface area contributed by atoms with E-state index in [1.54, 1.807) is 67.5 Å². The zero-order chi connectivity index (χ0) is 58.7. The number of nitrogens with one attached hydrogen (secondary N) is 1. The number of hydrogen-bond acceptors (Lipinski definition) is 11. The number of hydrogen-bond donors (Lipinski definition) is 3. The number of piperazine rings is 2. The van der Waals surface area contributed by atoms with Gasteiger partial charge in [-0.3, -0.25) is 44.1 Å². The van der Waals surface area contributed by atoms with Gasteiger partial charge in [-0.1, -0.05) is 153 Å². The first-order valence-corrected chi connectivity index (χ1v) is 28.7. The lowest BCUT2D eigenvalue weighted by Gasteiger charge is -2.40. The molecule has 10 aromatic rings. The normalized spacial score (nSPS) is 14.2. The van der Waals surface area contributed by atoms with Gasteiger partial charge in [-0.15, -0.1) is 0 Å². The van der Waals surface area contributed by atoms with Gasteiger partial charge in [0, 0.05) is 112 Å². The molecule has 4 N–H and O–H groups in total. The zero-order valence-electron chi connectivity index (χ0n) is 47.2. The van der Waals surface area contributed by atoms with Gasteiger partial charge in [0.1, 0.15) is 6.04 Å². The fraction of sp³-hybridized carbons (Fsp3) is 0.211. The first kappa shape index (κ1) is 60.8. The van der Waals surface area contributed by atoms with Crippen LogP contribution in [-0.2, 0) is 22.4 Å². The molecule has 2 fully saturated rings. The third-order valence-corrected chi connectivity index (χ3v) is 15.4. The Morgan fingerprint density at radius 3 is 1.27 bits per heavy atom. The van der Waals surface area contributed by atoms with E-state index >= 15 is 0 Å². The summed E-state index contributed by atoms with van der Waals surface area (Å²) in [6.07, 6.45) is 11.2. The summed E-state index contributed by atoms with van der Waals surface area (Å²) < 4.78 is 0. The largest absolute Gasteiger partial charge is 0.478 e. The number of carboxylic acid groups (broad SMARTS) is 1. The molecular formula is C71H72N10O5. The molecule has 86 heavy (non-hydrogen) atoms. The highest BCUT2D eigenvalue weighted by atomic mass is 16.4. The maximum absolute atomic E-state index is 14.0. The zero-order valence-corrected chi connectivity index (χ0v) is 47.2. The number of carboxylic acids is 1. The van der Waals surface area contributed by atoms with E-state index in [2.05, 4.69) is 132 Å². The molecule has 0 spiro atoms. The second kappa shape index (κ2) is 30.1. The third-order valence-electron chi connectivity index (χ3n) is 15.4. The van der Waals surface area contributed by atoms with Crippen molar-refractivity contribution >= 4 is 45.5 Å². The van der Waals surface area contributed by atoms with Gasteiger partial charge < -0.3 is 26.0 Å². The molecule has 15 nitrogen and oxygen atoms in total. The molecule has 436 valence electrons. The van der Waals surface area contributed by atoms with E-state index in [4.69, 9.17) is 10.8 Å². The van der Waals surface area contributed by atoms with E-state index < -0.39 is 18.1 Å². The number of aromatic nitrogens is 4. The Labute approximate surface area is 502 Å². The van der Waals surface area contributed by atoms with E-state index in [-0.39, 0.29) is 37.2 Å². The van der Waals surface area contributed by atoms with Crippen LogP contribution in [0.3, 0.4) is 0 Å². The summed E-state index contributed by atoms with van der Waals surface area (Å²) >= 11 is 0. The first-order valence-electron chi connectivity index (χ1n) is 28.7. The van der Waals surface area contributed by atoms with Crippen molar-refractivity contribution in [3.8, 4) is 0 Å². The summed E-state index contributed by atoms with van der Waals surface area (Å²) in [6.45, 7) is 5.63. The molecule has 3 amide bonds. The summed E-state index contributed by atoms with van der Waals surface area (Å²) in [5.74, 6) is -1.25. The minimum atomic E-state index is -0.911. The molecule has 2 saturated heterocycles. The van der Waals surface area contributed by atoms with E-state index in [0.29, 0.717) is 50.1 Å². The van der Waals surface area contributed by atoms with Crippen molar-refractivity contribution in [3.05, 3.63) is 288 Å². The Morgan fingerprint density at radius 1 is 0.453 bits per heavy atom. The molecule has 2 aliphatic heterocycles. The van der Waals surface area contributed by atoms with Gasteiger partial charge >= 0.3 is 5.97 Å². The number of nitrogens with two attached hydrogens (primary N) is 1. The highest BCUT2D eigenvalue weighted by molar-refractivity contribution is 6.00. The van der Waals surface area contributed by atoms with Crippen molar-refractivity contribution in [2.45, 2.75) is 44.4 Å². The van der Waals surface area contributed by atoms with Crippen LogP contribution in [0.5, 0.6) is 0 Å². The SMILES string of the molecule is C.N[C@@H](Cc1cccnc1)C(=O)N1CCN(C(c2ccccc2)c2ccccc2)CC1.O=C(N[C@@H](Cc1cccnc1)C(=O)N1CCN(C(c2ccccc2)c2ccccc2)CC1)c1ccc2ncccc2c1.O=C(O)c1ccc2ncccc2c1. The number of carbonyl (C=O) groups excluding carboxylic acids is 3. The number of aromatic carboxylic acids is 1. The molecule has 0 bridgehead atoms. The average Bonchev–Trinajstić information content (AvgIpc) is 2.77. The topological polar surface area (TPSA) is 191 Å². The fourth-order valence-corrected chi connectivity index (χ4v) is 11.1. The molecule has 4 aromatic heterocycles. The van der Waals surface area contributed by atoms with Crippen molar-refractivity contribution in [2.75, 3.05) is 52.4 Å². The molecule has 15 heteroatoms. The number of rotatable bonds is 15. The average molecular weight is 1150 g/mol. The van der Waals surface area contributed by atoms with Crippen molar-refractivity contribution in [3.63, 3.8) is 0 Å². The van der Waals surface area contributed by atoms with Gasteiger partial charge in [-0.25, -0.2) is 4.79 Å². The minimum absolute atomic E-state index is 0. The van der Waals surface area contributed by atoms with Crippen LogP contribution < -0.4 is 11.1 Å². The van der Waals surface area contributed by atoms with Gasteiger partial charge in [0.25, 0.3) is 5.91 Å². The summed E-state index contributed by atoms with van der Waals surface area (Å²) in [4.78, 5) is 76.3. The van der Waals surface area contributed by atoms with E-state index in [1.165, 1.54) is 22.3 Å². The predicted molar refractivity (Wildman–Crippen MR) is 338 cm³/mol. The number of benzene rings is 6. The number of carbonyl (C=O) groups is 4. The molecule has 2 aliphatic rings. The number of nitrogens with zero attached hydrogens (tertiary/aromatic N) is 8. The number of amides is 3. The highest BCUT2D eigenvalue weighted by Gasteiger charge is 2.33.